The van der Waals surface area contributed by atoms with Gasteiger partial charge in [0.25, 0.3) is 0 Å². The number of nitrogens with zero attached hydrogens (tertiary/aromatic N) is 4. The molecule has 10 heteroatoms. The van der Waals surface area contributed by atoms with Crippen LogP contribution >= 0.6 is 24.0 Å². The number of fused-ring (bicyclic) bond motifs is 1. The summed E-state index contributed by atoms with van der Waals surface area (Å²) >= 11 is 6.12. The molecule has 1 aliphatic rings. The van der Waals surface area contributed by atoms with Crippen LogP contribution < -0.4 is 16.0 Å². The van der Waals surface area contributed by atoms with E-state index in [1.165, 1.54) is 6.07 Å². The van der Waals surface area contributed by atoms with Gasteiger partial charge in [0.15, 0.2) is 5.65 Å². The molecule has 33 heavy (non-hydrogen) atoms. The Labute approximate surface area is 201 Å². The number of phenolic OH excluding ortho intramolecular Hbond substituents is 1. The molecule has 2 aromatic heterocycles. The summed E-state index contributed by atoms with van der Waals surface area (Å²) < 4.78 is 0. The third-order valence-corrected chi connectivity index (χ3v) is 6.00. The number of piperazine rings is 1. The summed E-state index contributed by atoms with van der Waals surface area (Å²) in [4.78, 5) is 6.91. The van der Waals surface area contributed by atoms with Crippen molar-refractivity contribution in [2.45, 2.75) is 0 Å². The average Bonchev–Trinajstić information content (AvgIpc) is 3.20. The van der Waals surface area contributed by atoms with Gasteiger partial charge in [-0.15, -0.1) is 12.4 Å². The molecule has 0 unspecified atom stereocenters. The normalized spacial score (nSPS) is 13.5. The van der Waals surface area contributed by atoms with Crippen LogP contribution in [0, 0.1) is 11.3 Å². The number of benzene rings is 2. The standard InChI is InChI=1S/C23H20ClN7O.ClH/c24-17-11-14(3-6-18(17)32)21-16(12-25)19(20-22(26)29-30-23(20)28-21)13-1-4-15(5-2-13)31-9-7-27-8-10-31;/h1-6,11,27,32H,7-10H2,(H3,26,28,29,30);1H. The van der Waals surface area contributed by atoms with Crippen molar-refractivity contribution in [3.63, 3.8) is 0 Å². The van der Waals surface area contributed by atoms with Gasteiger partial charge in [-0.3, -0.25) is 5.10 Å². The second-order valence-electron chi connectivity index (χ2n) is 7.61. The summed E-state index contributed by atoms with van der Waals surface area (Å²) in [5, 5.41) is 31.1. The number of aromatic nitrogens is 3. The fourth-order valence-electron chi connectivity index (χ4n) is 4.10. The lowest BCUT2D eigenvalue weighted by molar-refractivity contribution is 0.475. The summed E-state index contributed by atoms with van der Waals surface area (Å²) in [5.74, 6) is 0.309. The van der Waals surface area contributed by atoms with Crippen molar-refractivity contribution < 1.29 is 5.11 Å². The molecular formula is C23H21Cl2N7O. The third kappa shape index (κ3) is 4.02. The number of H-pyrrole nitrogens is 1. The van der Waals surface area contributed by atoms with Crippen LogP contribution in [0.15, 0.2) is 42.5 Å². The van der Waals surface area contributed by atoms with Crippen LogP contribution in [0.3, 0.4) is 0 Å². The van der Waals surface area contributed by atoms with Crippen LogP contribution in [0.5, 0.6) is 5.75 Å². The number of rotatable bonds is 3. The minimum absolute atomic E-state index is 0. The molecule has 0 saturated carbocycles. The molecule has 0 radical (unpaired) electrons. The molecule has 5 rings (SSSR count). The molecule has 4 aromatic rings. The molecule has 2 aromatic carbocycles. The van der Waals surface area contributed by atoms with Crippen molar-refractivity contribution in [1.82, 2.24) is 20.5 Å². The lowest BCUT2D eigenvalue weighted by Gasteiger charge is -2.29. The van der Waals surface area contributed by atoms with E-state index in [-0.39, 0.29) is 23.2 Å². The quantitative estimate of drug-likeness (QED) is 0.348. The van der Waals surface area contributed by atoms with Crippen molar-refractivity contribution in [3.05, 3.63) is 53.1 Å². The summed E-state index contributed by atoms with van der Waals surface area (Å²) in [7, 11) is 0. The Morgan fingerprint density at radius 1 is 1.09 bits per heavy atom. The molecule has 0 atom stereocenters. The topological polar surface area (TPSA) is 127 Å². The minimum atomic E-state index is -0.0391. The van der Waals surface area contributed by atoms with E-state index in [1.807, 2.05) is 12.1 Å². The minimum Gasteiger partial charge on any atom is -0.506 e. The molecule has 1 fully saturated rings. The fourth-order valence-corrected chi connectivity index (χ4v) is 4.28. The van der Waals surface area contributed by atoms with Gasteiger partial charge in [-0.2, -0.15) is 10.4 Å². The zero-order valence-corrected chi connectivity index (χ0v) is 19.0. The molecule has 0 spiro atoms. The Morgan fingerprint density at radius 2 is 1.79 bits per heavy atom. The lowest BCUT2D eigenvalue weighted by Crippen LogP contribution is -2.43. The van der Waals surface area contributed by atoms with Crippen molar-refractivity contribution in [3.8, 4) is 34.2 Å². The fraction of sp³-hybridized carbons (Fsp3) is 0.174. The number of aromatic amines is 1. The SMILES string of the molecule is Cl.N#Cc1c(-c2ccc(O)c(Cl)c2)nc2n[nH]c(N)c2c1-c1ccc(N2CCNCC2)cc1. The van der Waals surface area contributed by atoms with Crippen LogP contribution in [-0.2, 0) is 0 Å². The van der Waals surface area contributed by atoms with Gasteiger partial charge in [0, 0.05) is 43.0 Å². The zero-order chi connectivity index (χ0) is 22.2. The molecule has 0 bridgehead atoms. The smallest absolute Gasteiger partial charge is 0.184 e. The first-order chi connectivity index (χ1) is 15.6. The summed E-state index contributed by atoms with van der Waals surface area (Å²) in [6.07, 6.45) is 0. The molecule has 0 aliphatic carbocycles. The van der Waals surface area contributed by atoms with Gasteiger partial charge >= 0.3 is 0 Å². The van der Waals surface area contributed by atoms with E-state index in [0.29, 0.717) is 39.2 Å². The van der Waals surface area contributed by atoms with Crippen LogP contribution in [0.25, 0.3) is 33.4 Å². The van der Waals surface area contributed by atoms with Gasteiger partial charge in [0.2, 0.25) is 0 Å². The van der Waals surface area contributed by atoms with Gasteiger partial charge in [0.1, 0.15) is 17.6 Å². The molecule has 8 nitrogen and oxygen atoms in total. The van der Waals surface area contributed by atoms with E-state index in [9.17, 15) is 10.4 Å². The molecular weight excluding hydrogens is 461 g/mol. The Balaban J connectivity index is 0.00000259. The number of halogens is 2. The Kier molecular flexibility index (Phi) is 6.29. The third-order valence-electron chi connectivity index (χ3n) is 5.70. The van der Waals surface area contributed by atoms with Gasteiger partial charge in [-0.25, -0.2) is 4.98 Å². The number of pyridine rings is 1. The molecule has 1 saturated heterocycles. The number of nitriles is 1. The van der Waals surface area contributed by atoms with Crippen molar-refractivity contribution in [2.75, 3.05) is 36.8 Å². The molecule has 5 N–H and O–H groups in total. The van der Waals surface area contributed by atoms with Crippen LogP contribution in [-0.4, -0.2) is 46.5 Å². The summed E-state index contributed by atoms with van der Waals surface area (Å²) in [6.45, 7) is 3.80. The highest BCUT2D eigenvalue weighted by molar-refractivity contribution is 6.32. The van der Waals surface area contributed by atoms with Crippen molar-refractivity contribution >= 4 is 46.5 Å². The second-order valence-corrected chi connectivity index (χ2v) is 8.02. The first-order valence-corrected chi connectivity index (χ1v) is 10.6. The first kappa shape index (κ1) is 22.7. The molecule has 1 aliphatic heterocycles. The number of nitrogens with two attached hydrogens (primary N) is 1. The van der Waals surface area contributed by atoms with E-state index in [1.54, 1.807) is 12.1 Å². The maximum absolute atomic E-state index is 10.1. The monoisotopic (exact) mass is 481 g/mol. The van der Waals surface area contributed by atoms with Crippen LogP contribution in [0.4, 0.5) is 11.5 Å². The number of nitrogens with one attached hydrogen (secondary N) is 2. The number of phenols is 1. The Morgan fingerprint density at radius 3 is 2.45 bits per heavy atom. The highest BCUT2D eigenvalue weighted by Crippen LogP contribution is 2.40. The largest absolute Gasteiger partial charge is 0.506 e. The number of aromatic hydroxyl groups is 1. The van der Waals surface area contributed by atoms with E-state index in [4.69, 9.17) is 17.3 Å². The van der Waals surface area contributed by atoms with Gasteiger partial charge < -0.3 is 21.1 Å². The van der Waals surface area contributed by atoms with Crippen molar-refractivity contribution in [1.29, 1.82) is 5.26 Å². The van der Waals surface area contributed by atoms with E-state index >= 15 is 0 Å². The maximum atomic E-state index is 10.1. The number of hydrogen-bond donors (Lipinski definition) is 4. The predicted molar refractivity (Wildman–Crippen MR) is 133 cm³/mol. The Bertz CT molecular complexity index is 1360. The summed E-state index contributed by atoms with van der Waals surface area (Å²) in [5.41, 5.74) is 10.6. The van der Waals surface area contributed by atoms with Crippen molar-refractivity contribution in [2.24, 2.45) is 0 Å². The molecule has 0 amide bonds. The lowest BCUT2D eigenvalue weighted by atomic mass is 9.93. The van der Waals surface area contributed by atoms with Gasteiger partial charge in [0.05, 0.1) is 21.7 Å². The predicted octanol–water partition coefficient (Wildman–Crippen LogP) is 3.94. The van der Waals surface area contributed by atoms with Gasteiger partial charge in [-0.1, -0.05) is 23.7 Å². The number of hydrogen-bond acceptors (Lipinski definition) is 7. The highest BCUT2D eigenvalue weighted by atomic mass is 35.5. The van der Waals surface area contributed by atoms with E-state index < -0.39 is 0 Å². The molecule has 3 heterocycles. The highest BCUT2D eigenvalue weighted by Gasteiger charge is 2.22. The number of nitrogen functional groups attached to an aromatic ring is 1. The van der Waals surface area contributed by atoms with Crippen LogP contribution in [0.2, 0.25) is 5.02 Å². The second kappa shape index (κ2) is 9.16. The first-order valence-electron chi connectivity index (χ1n) is 10.2. The van der Waals surface area contributed by atoms with E-state index in [2.05, 4.69) is 43.6 Å². The number of anilines is 2. The summed E-state index contributed by atoms with van der Waals surface area (Å²) in [6, 6.07) is 15.1. The zero-order valence-electron chi connectivity index (χ0n) is 17.5. The molecule has 168 valence electrons. The maximum Gasteiger partial charge on any atom is 0.184 e. The van der Waals surface area contributed by atoms with Gasteiger partial charge in [-0.05, 0) is 35.9 Å². The van der Waals surface area contributed by atoms with E-state index in [0.717, 1.165) is 37.4 Å². The Hall–Kier alpha value is -3.51. The van der Waals surface area contributed by atoms with Crippen LogP contribution in [0.1, 0.15) is 5.56 Å². The average molecular weight is 482 g/mol.